The predicted octanol–water partition coefficient (Wildman–Crippen LogP) is 3.50. The monoisotopic (exact) mass is 284 g/mol. The van der Waals surface area contributed by atoms with E-state index in [9.17, 15) is 9.59 Å². The first kappa shape index (κ1) is 18.7. The SMILES string of the molecule is CC(C)CC(C)OC(=O)C=CC(=O)OC(C)CC(C)C. The van der Waals surface area contributed by atoms with Crippen molar-refractivity contribution in [2.45, 2.75) is 66.6 Å². The Morgan fingerprint density at radius 1 is 0.750 bits per heavy atom. The molecule has 0 bridgehead atoms. The van der Waals surface area contributed by atoms with E-state index in [1.165, 1.54) is 0 Å². The summed E-state index contributed by atoms with van der Waals surface area (Å²) in [6.07, 6.45) is 3.55. The van der Waals surface area contributed by atoms with E-state index >= 15 is 0 Å². The molecule has 4 heteroatoms. The van der Waals surface area contributed by atoms with Gasteiger partial charge in [-0.3, -0.25) is 0 Å². The molecule has 0 aromatic rings. The molecule has 116 valence electrons. The van der Waals surface area contributed by atoms with Crippen LogP contribution in [0.2, 0.25) is 0 Å². The van der Waals surface area contributed by atoms with Gasteiger partial charge in [0.25, 0.3) is 0 Å². The number of rotatable bonds is 8. The van der Waals surface area contributed by atoms with Gasteiger partial charge in [0.1, 0.15) is 0 Å². The van der Waals surface area contributed by atoms with E-state index in [0.29, 0.717) is 11.8 Å². The molecule has 0 amide bonds. The third kappa shape index (κ3) is 10.6. The molecule has 0 N–H and O–H groups in total. The van der Waals surface area contributed by atoms with E-state index in [1.54, 1.807) is 0 Å². The fourth-order valence-electron chi connectivity index (χ4n) is 2.04. The zero-order chi connectivity index (χ0) is 15.7. The van der Waals surface area contributed by atoms with Gasteiger partial charge in [0, 0.05) is 12.2 Å². The maximum absolute atomic E-state index is 11.5. The van der Waals surface area contributed by atoms with Crippen LogP contribution in [0.15, 0.2) is 12.2 Å². The summed E-state index contributed by atoms with van der Waals surface area (Å²) in [5.74, 6) is -0.0921. The molecule has 0 saturated carbocycles. The third-order valence-corrected chi connectivity index (χ3v) is 2.60. The Labute approximate surface area is 122 Å². The first-order chi connectivity index (χ1) is 9.20. The lowest BCUT2D eigenvalue weighted by Crippen LogP contribution is -2.17. The number of hydrogen-bond donors (Lipinski definition) is 0. The number of carbonyl (C=O) groups is 2. The van der Waals surface area contributed by atoms with Gasteiger partial charge in [0.2, 0.25) is 0 Å². The lowest BCUT2D eigenvalue weighted by atomic mass is 10.1. The summed E-state index contributed by atoms with van der Waals surface area (Å²) in [5.41, 5.74) is 0. The van der Waals surface area contributed by atoms with Crippen LogP contribution in [-0.2, 0) is 19.1 Å². The van der Waals surface area contributed by atoms with E-state index in [4.69, 9.17) is 9.47 Å². The van der Waals surface area contributed by atoms with Crippen molar-refractivity contribution in [1.82, 2.24) is 0 Å². The molecule has 0 rings (SSSR count). The van der Waals surface area contributed by atoms with Gasteiger partial charge < -0.3 is 9.47 Å². The lowest BCUT2D eigenvalue weighted by molar-refractivity contribution is -0.145. The van der Waals surface area contributed by atoms with Crippen molar-refractivity contribution in [3.63, 3.8) is 0 Å². The van der Waals surface area contributed by atoms with Crippen molar-refractivity contribution in [2.24, 2.45) is 11.8 Å². The summed E-state index contributed by atoms with van der Waals surface area (Å²) >= 11 is 0. The van der Waals surface area contributed by atoms with Crippen LogP contribution in [-0.4, -0.2) is 24.1 Å². The number of carbonyl (C=O) groups excluding carboxylic acids is 2. The molecule has 20 heavy (non-hydrogen) atoms. The second kappa shape index (κ2) is 9.56. The molecule has 0 heterocycles. The van der Waals surface area contributed by atoms with Crippen LogP contribution in [0.1, 0.15) is 54.4 Å². The molecule has 0 saturated heterocycles. The molecule has 4 nitrogen and oxygen atoms in total. The highest BCUT2D eigenvalue weighted by molar-refractivity contribution is 5.91. The Morgan fingerprint density at radius 2 is 1.05 bits per heavy atom. The van der Waals surface area contributed by atoms with Crippen molar-refractivity contribution in [1.29, 1.82) is 0 Å². The zero-order valence-corrected chi connectivity index (χ0v) is 13.5. The molecule has 0 spiro atoms. The first-order valence-electron chi connectivity index (χ1n) is 7.30. The average molecular weight is 284 g/mol. The maximum atomic E-state index is 11.5. The molecule has 0 aliphatic carbocycles. The van der Waals surface area contributed by atoms with Crippen molar-refractivity contribution >= 4 is 11.9 Å². The van der Waals surface area contributed by atoms with Gasteiger partial charge in [-0.2, -0.15) is 0 Å². The maximum Gasteiger partial charge on any atom is 0.331 e. The van der Waals surface area contributed by atoms with Crippen LogP contribution in [0, 0.1) is 11.8 Å². The molecular formula is C16H28O4. The second-order valence-corrected chi connectivity index (χ2v) is 6.09. The minimum absolute atomic E-state index is 0.150. The average Bonchev–Trinajstić information content (AvgIpc) is 2.23. The summed E-state index contributed by atoms with van der Waals surface area (Å²) in [7, 11) is 0. The first-order valence-corrected chi connectivity index (χ1v) is 7.30. The Kier molecular flexibility index (Phi) is 8.93. The van der Waals surface area contributed by atoms with E-state index in [-0.39, 0.29) is 12.2 Å². The molecule has 2 unspecified atom stereocenters. The van der Waals surface area contributed by atoms with Gasteiger partial charge in [0.05, 0.1) is 12.2 Å². The second-order valence-electron chi connectivity index (χ2n) is 6.09. The van der Waals surface area contributed by atoms with Crippen LogP contribution in [0.4, 0.5) is 0 Å². The van der Waals surface area contributed by atoms with Crippen LogP contribution in [0.3, 0.4) is 0 Å². The Hall–Kier alpha value is -1.32. The van der Waals surface area contributed by atoms with Gasteiger partial charge in [0.15, 0.2) is 0 Å². The van der Waals surface area contributed by atoms with Crippen LogP contribution >= 0.6 is 0 Å². The summed E-state index contributed by atoms with van der Waals surface area (Å²) in [5, 5.41) is 0. The Balaban J connectivity index is 4.08. The highest BCUT2D eigenvalue weighted by Crippen LogP contribution is 2.09. The normalized spacial score (nSPS) is 14.6. The topological polar surface area (TPSA) is 52.6 Å². The van der Waals surface area contributed by atoms with E-state index in [1.807, 2.05) is 13.8 Å². The highest BCUT2D eigenvalue weighted by atomic mass is 16.5. The fourth-order valence-corrected chi connectivity index (χ4v) is 2.04. The summed E-state index contributed by atoms with van der Waals surface area (Å²) < 4.78 is 10.3. The summed E-state index contributed by atoms with van der Waals surface area (Å²) in [6.45, 7) is 11.9. The number of esters is 2. The fraction of sp³-hybridized carbons (Fsp3) is 0.750. The Morgan fingerprint density at radius 3 is 1.30 bits per heavy atom. The van der Waals surface area contributed by atoms with Crippen molar-refractivity contribution < 1.29 is 19.1 Å². The molecule has 0 aliphatic heterocycles. The van der Waals surface area contributed by atoms with Crippen LogP contribution < -0.4 is 0 Å². The smallest absolute Gasteiger partial charge is 0.331 e. The van der Waals surface area contributed by atoms with Crippen molar-refractivity contribution in [3.8, 4) is 0 Å². The molecular weight excluding hydrogens is 256 g/mol. The summed E-state index contributed by atoms with van der Waals surface area (Å²) in [4.78, 5) is 23.0. The minimum Gasteiger partial charge on any atom is -0.460 e. The lowest BCUT2D eigenvalue weighted by Gasteiger charge is -2.14. The minimum atomic E-state index is -0.508. The van der Waals surface area contributed by atoms with Crippen molar-refractivity contribution in [3.05, 3.63) is 12.2 Å². The van der Waals surface area contributed by atoms with Crippen LogP contribution in [0.5, 0.6) is 0 Å². The summed E-state index contributed by atoms with van der Waals surface area (Å²) in [6, 6.07) is 0. The van der Waals surface area contributed by atoms with Gasteiger partial charge >= 0.3 is 11.9 Å². The van der Waals surface area contributed by atoms with E-state index in [0.717, 1.165) is 25.0 Å². The standard InChI is InChI=1S/C16H28O4/c1-11(2)9-13(5)19-15(17)7-8-16(18)20-14(6)10-12(3)4/h7-8,11-14H,9-10H2,1-6H3. The van der Waals surface area contributed by atoms with Gasteiger partial charge in [-0.1, -0.05) is 27.7 Å². The largest absolute Gasteiger partial charge is 0.460 e. The molecule has 0 aliphatic rings. The Bertz CT molecular complexity index is 299. The number of hydrogen-bond acceptors (Lipinski definition) is 4. The van der Waals surface area contributed by atoms with E-state index < -0.39 is 11.9 Å². The third-order valence-electron chi connectivity index (χ3n) is 2.60. The quantitative estimate of drug-likeness (QED) is 0.505. The van der Waals surface area contributed by atoms with Crippen molar-refractivity contribution in [2.75, 3.05) is 0 Å². The van der Waals surface area contributed by atoms with Crippen LogP contribution in [0.25, 0.3) is 0 Å². The van der Waals surface area contributed by atoms with Gasteiger partial charge in [-0.15, -0.1) is 0 Å². The zero-order valence-electron chi connectivity index (χ0n) is 13.5. The van der Waals surface area contributed by atoms with E-state index in [2.05, 4.69) is 27.7 Å². The molecule has 0 fully saturated rings. The molecule has 0 aromatic carbocycles. The number of ether oxygens (including phenoxy) is 2. The molecule has 0 radical (unpaired) electrons. The predicted molar refractivity (Wildman–Crippen MR) is 79.2 cm³/mol. The van der Waals surface area contributed by atoms with Gasteiger partial charge in [-0.25, -0.2) is 9.59 Å². The van der Waals surface area contributed by atoms with Gasteiger partial charge in [-0.05, 0) is 38.5 Å². The molecule has 2 atom stereocenters. The molecule has 0 aromatic heterocycles. The highest BCUT2D eigenvalue weighted by Gasteiger charge is 2.11.